The van der Waals surface area contributed by atoms with Crippen molar-refractivity contribution in [2.75, 3.05) is 11.9 Å². The van der Waals surface area contributed by atoms with E-state index in [1.165, 1.54) is 16.8 Å². The zero-order valence-corrected chi connectivity index (χ0v) is 13.5. The fourth-order valence-electron chi connectivity index (χ4n) is 3.99. The zero-order chi connectivity index (χ0) is 15.8. The predicted octanol–water partition coefficient (Wildman–Crippen LogP) is 4.59. The van der Waals surface area contributed by atoms with Crippen LogP contribution in [0.2, 0.25) is 0 Å². The number of hydrogen-bond acceptors (Lipinski definition) is 3. The summed E-state index contributed by atoms with van der Waals surface area (Å²) in [5, 5.41) is 13.5. The maximum absolute atomic E-state index is 9.84. The van der Waals surface area contributed by atoms with E-state index in [1.807, 2.05) is 12.1 Å². The lowest BCUT2D eigenvalue weighted by Gasteiger charge is -2.43. The Bertz CT molecular complexity index is 713. The summed E-state index contributed by atoms with van der Waals surface area (Å²) >= 11 is 0. The molecule has 0 aromatic heterocycles. The quantitative estimate of drug-likeness (QED) is 0.852. The van der Waals surface area contributed by atoms with Gasteiger partial charge in [0.05, 0.1) is 12.1 Å². The molecule has 1 fully saturated rings. The number of benzene rings is 2. The van der Waals surface area contributed by atoms with Crippen molar-refractivity contribution in [3.63, 3.8) is 0 Å². The first-order valence-corrected chi connectivity index (χ1v) is 8.56. The summed E-state index contributed by atoms with van der Waals surface area (Å²) in [5.74, 6) is 0.731. The largest absolute Gasteiger partial charge is 0.508 e. The van der Waals surface area contributed by atoms with Crippen LogP contribution in [0.1, 0.15) is 48.6 Å². The molecular weight excluding hydrogens is 286 g/mol. The van der Waals surface area contributed by atoms with Gasteiger partial charge in [-0.1, -0.05) is 31.2 Å². The van der Waals surface area contributed by atoms with E-state index in [4.69, 9.17) is 4.74 Å². The molecule has 120 valence electrons. The van der Waals surface area contributed by atoms with Crippen molar-refractivity contribution in [3.8, 4) is 5.75 Å². The highest BCUT2D eigenvalue weighted by atomic mass is 16.5. The fourth-order valence-corrected chi connectivity index (χ4v) is 3.99. The normalized spacial score (nSPS) is 26.0. The average Bonchev–Trinajstić information content (AvgIpc) is 2.60. The molecule has 3 nitrogen and oxygen atoms in total. The van der Waals surface area contributed by atoms with Crippen LogP contribution in [-0.2, 0) is 11.2 Å². The summed E-state index contributed by atoms with van der Waals surface area (Å²) in [5.41, 5.74) is 4.95. The molecule has 1 saturated heterocycles. The second-order valence-electron chi connectivity index (χ2n) is 6.59. The van der Waals surface area contributed by atoms with Gasteiger partial charge in [0.25, 0.3) is 0 Å². The van der Waals surface area contributed by atoms with Crippen LogP contribution in [0.15, 0.2) is 42.5 Å². The molecule has 2 N–H and O–H groups in total. The van der Waals surface area contributed by atoms with Crippen molar-refractivity contribution < 1.29 is 9.84 Å². The Morgan fingerprint density at radius 1 is 1.22 bits per heavy atom. The van der Waals surface area contributed by atoms with Gasteiger partial charge in [-0.2, -0.15) is 0 Å². The van der Waals surface area contributed by atoms with Gasteiger partial charge in [0.1, 0.15) is 5.75 Å². The van der Waals surface area contributed by atoms with Crippen LogP contribution in [0.4, 0.5) is 5.69 Å². The molecule has 2 aliphatic rings. The molecule has 3 atom stereocenters. The van der Waals surface area contributed by atoms with Gasteiger partial charge in [-0.25, -0.2) is 0 Å². The van der Waals surface area contributed by atoms with Gasteiger partial charge >= 0.3 is 0 Å². The van der Waals surface area contributed by atoms with Crippen LogP contribution in [-0.4, -0.2) is 11.7 Å². The smallest absolute Gasteiger partial charge is 0.115 e. The Morgan fingerprint density at radius 2 is 2.13 bits per heavy atom. The summed E-state index contributed by atoms with van der Waals surface area (Å²) in [6, 6.07) is 14.5. The van der Waals surface area contributed by atoms with Crippen molar-refractivity contribution in [3.05, 3.63) is 59.2 Å². The molecule has 2 aromatic rings. The second-order valence-corrected chi connectivity index (χ2v) is 6.59. The van der Waals surface area contributed by atoms with E-state index in [1.54, 1.807) is 6.07 Å². The molecule has 0 radical (unpaired) electrons. The lowest BCUT2D eigenvalue weighted by Crippen LogP contribution is -2.36. The highest BCUT2D eigenvalue weighted by molar-refractivity contribution is 5.58. The minimum absolute atomic E-state index is 0.152. The highest BCUT2D eigenvalue weighted by Gasteiger charge is 2.39. The molecular formula is C20H23NO2. The predicted molar refractivity (Wildman–Crippen MR) is 91.7 cm³/mol. The second kappa shape index (κ2) is 5.89. The number of nitrogens with one attached hydrogen (secondary N) is 1. The Kier molecular flexibility index (Phi) is 3.74. The number of fused-ring (bicyclic) bond motifs is 3. The van der Waals surface area contributed by atoms with E-state index < -0.39 is 0 Å². The number of aryl methyl sites for hydroxylation is 1. The van der Waals surface area contributed by atoms with E-state index >= 15 is 0 Å². The SMILES string of the molecule is CCc1ccc2c(c1)[C@@H]1OCCC[C@@H]1[C@@H](c1cccc(O)c1)N2. The number of phenols is 1. The summed E-state index contributed by atoms with van der Waals surface area (Å²) in [7, 11) is 0. The van der Waals surface area contributed by atoms with Crippen molar-refractivity contribution in [1.82, 2.24) is 0 Å². The van der Waals surface area contributed by atoms with Gasteiger partial charge in [0, 0.05) is 23.8 Å². The lowest BCUT2D eigenvalue weighted by atomic mass is 9.77. The molecule has 0 spiro atoms. The summed E-state index contributed by atoms with van der Waals surface area (Å²) in [6.45, 7) is 3.02. The van der Waals surface area contributed by atoms with E-state index in [0.717, 1.165) is 31.4 Å². The van der Waals surface area contributed by atoms with Gasteiger partial charge in [-0.05, 0) is 48.6 Å². The van der Waals surface area contributed by atoms with Crippen LogP contribution in [0.3, 0.4) is 0 Å². The summed E-state index contributed by atoms with van der Waals surface area (Å²) < 4.78 is 6.19. The molecule has 0 bridgehead atoms. The Balaban J connectivity index is 1.77. The fraction of sp³-hybridized carbons (Fsp3) is 0.400. The Labute approximate surface area is 137 Å². The lowest BCUT2D eigenvalue weighted by molar-refractivity contribution is -0.0381. The summed E-state index contributed by atoms with van der Waals surface area (Å²) in [4.78, 5) is 0. The van der Waals surface area contributed by atoms with E-state index in [9.17, 15) is 5.11 Å². The molecule has 2 aromatic carbocycles. The molecule has 2 heterocycles. The van der Waals surface area contributed by atoms with E-state index in [-0.39, 0.29) is 12.1 Å². The van der Waals surface area contributed by atoms with Crippen LogP contribution < -0.4 is 5.32 Å². The zero-order valence-electron chi connectivity index (χ0n) is 13.5. The van der Waals surface area contributed by atoms with Crippen LogP contribution in [0.25, 0.3) is 0 Å². The first kappa shape index (κ1) is 14.6. The third kappa shape index (κ3) is 2.59. The van der Waals surface area contributed by atoms with Crippen molar-refractivity contribution in [2.45, 2.75) is 38.3 Å². The topological polar surface area (TPSA) is 41.5 Å². The minimum Gasteiger partial charge on any atom is -0.508 e. The molecule has 4 rings (SSSR count). The molecule has 0 unspecified atom stereocenters. The molecule has 0 amide bonds. The van der Waals surface area contributed by atoms with Crippen LogP contribution >= 0.6 is 0 Å². The minimum atomic E-state index is 0.152. The number of ether oxygens (including phenoxy) is 1. The summed E-state index contributed by atoms with van der Waals surface area (Å²) in [6.07, 6.45) is 3.44. The van der Waals surface area contributed by atoms with Gasteiger partial charge in [-0.15, -0.1) is 0 Å². The van der Waals surface area contributed by atoms with E-state index in [0.29, 0.717) is 11.7 Å². The number of rotatable bonds is 2. The molecule has 3 heteroatoms. The molecule has 23 heavy (non-hydrogen) atoms. The number of hydrogen-bond donors (Lipinski definition) is 2. The van der Waals surface area contributed by atoms with E-state index in [2.05, 4.69) is 36.5 Å². The van der Waals surface area contributed by atoms with Gasteiger partial charge in [0.2, 0.25) is 0 Å². The van der Waals surface area contributed by atoms with Gasteiger partial charge in [-0.3, -0.25) is 0 Å². The van der Waals surface area contributed by atoms with Crippen LogP contribution in [0, 0.1) is 5.92 Å². The number of aromatic hydroxyl groups is 1. The van der Waals surface area contributed by atoms with Gasteiger partial charge in [0.15, 0.2) is 0 Å². The standard InChI is InChI=1S/C20H23NO2/c1-2-13-8-9-18-17(11-13)20-16(7-4-10-23-20)19(21-18)14-5-3-6-15(22)12-14/h3,5-6,8-9,11-12,16,19-22H,2,4,7,10H2,1H3/t16-,19-,20-/m1/s1. The number of anilines is 1. The molecule has 0 saturated carbocycles. The Morgan fingerprint density at radius 3 is 2.96 bits per heavy atom. The highest BCUT2D eigenvalue weighted by Crippen LogP contribution is 2.49. The maximum Gasteiger partial charge on any atom is 0.115 e. The molecule has 2 aliphatic heterocycles. The Hall–Kier alpha value is -2.00. The maximum atomic E-state index is 9.84. The third-order valence-electron chi connectivity index (χ3n) is 5.17. The first-order chi connectivity index (χ1) is 11.3. The molecule has 0 aliphatic carbocycles. The third-order valence-corrected chi connectivity index (χ3v) is 5.17. The van der Waals surface area contributed by atoms with Crippen molar-refractivity contribution in [1.29, 1.82) is 0 Å². The number of phenolic OH excluding ortho intramolecular Hbond substituents is 1. The van der Waals surface area contributed by atoms with Crippen molar-refractivity contribution in [2.24, 2.45) is 5.92 Å². The van der Waals surface area contributed by atoms with Crippen molar-refractivity contribution >= 4 is 5.69 Å². The first-order valence-electron chi connectivity index (χ1n) is 8.56. The van der Waals surface area contributed by atoms with Gasteiger partial charge < -0.3 is 15.2 Å². The monoisotopic (exact) mass is 309 g/mol. The van der Waals surface area contributed by atoms with Crippen LogP contribution in [0.5, 0.6) is 5.75 Å². The average molecular weight is 309 g/mol.